The van der Waals surface area contributed by atoms with Crippen LogP contribution in [0, 0.1) is 64.2 Å². The smallest absolute Gasteiger partial charge is 0.197 e. The van der Waals surface area contributed by atoms with Crippen molar-refractivity contribution in [2.75, 3.05) is 0 Å². The first-order valence-corrected chi connectivity index (χ1v) is 14.7. The van der Waals surface area contributed by atoms with Crippen LogP contribution in [0.3, 0.4) is 0 Å². The van der Waals surface area contributed by atoms with Gasteiger partial charge < -0.3 is 0 Å². The zero-order chi connectivity index (χ0) is 31.1. The van der Waals surface area contributed by atoms with Crippen LogP contribution in [0.4, 0.5) is 0 Å². The highest BCUT2D eigenvalue weighted by Crippen LogP contribution is 2.45. The lowest BCUT2D eigenvalue weighted by Gasteiger charge is -2.21. The maximum Gasteiger partial charge on any atom is 0.197 e. The molecule has 0 saturated carbocycles. The van der Waals surface area contributed by atoms with E-state index in [0.29, 0.717) is 11.1 Å². The van der Waals surface area contributed by atoms with Gasteiger partial charge in [-0.1, -0.05) is 65.7 Å². The lowest BCUT2D eigenvalue weighted by atomic mass is 10.0. The molecule has 41 heavy (non-hydrogen) atoms. The lowest BCUT2D eigenvalue weighted by Crippen LogP contribution is -2.19. The van der Waals surface area contributed by atoms with Crippen molar-refractivity contribution in [1.29, 1.82) is 10.5 Å². The number of carbonyl (C=O) groups is 2. The summed E-state index contributed by atoms with van der Waals surface area (Å²) in [5.41, 5.74) is 5.53. The van der Waals surface area contributed by atoms with Gasteiger partial charge in [-0.2, -0.15) is 20.8 Å². The number of nitrogens with zero attached hydrogens (tertiary/aromatic N) is 4. The molecule has 0 fully saturated rings. The molecule has 0 N–H and O–H groups in total. The van der Waals surface area contributed by atoms with Crippen LogP contribution in [0.15, 0.2) is 64.8 Å². The number of benzene rings is 3. The first-order chi connectivity index (χ1) is 19.0. The molecule has 3 aromatic carbocycles. The molecule has 0 radical (unpaired) electrons. The fourth-order valence-corrected chi connectivity index (χ4v) is 6.73. The van der Waals surface area contributed by atoms with Gasteiger partial charge >= 0.3 is 0 Å². The van der Waals surface area contributed by atoms with E-state index in [-0.39, 0.29) is 11.0 Å². The Kier molecular flexibility index (Phi) is 11.0. The predicted molar refractivity (Wildman–Crippen MR) is 167 cm³/mol. The molecule has 3 aromatic rings. The summed E-state index contributed by atoms with van der Waals surface area (Å²) in [5, 5.41) is 25.5. The van der Waals surface area contributed by atoms with Gasteiger partial charge in [-0.25, -0.2) is 0 Å². The second-order valence-electron chi connectivity index (χ2n) is 11.4. The zero-order valence-electron chi connectivity index (χ0n) is 25.7. The number of carbonyl (C=O) groups excluding carboxylic acids is 2. The third-order valence-corrected chi connectivity index (χ3v) is 8.37. The number of aryl methyl sites for hydroxylation is 6. The Bertz CT molecular complexity index is 1410. The number of hydrogen-bond acceptors (Lipinski definition) is 6. The van der Waals surface area contributed by atoms with E-state index in [4.69, 9.17) is 10.5 Å². The van der Waals surface area contributed by atoms with Gasteiger partial charge in [0, 0.05) is 11.1 Å². The molecule has 0 heterocycles. The molecular weight excluding hydrogens is 527 g/mol. The van der Waals surface area contributed by atoms with Gasteiger partial charge in [-0.3, -0.25) is 9.59 Å². The summed E-state index contributed by atoms with van der Waals surface area (Å²) in [4.78, 5) is 27.6. The summed E-state index contributed by atoms with van der Waals surface area (Å²) in [7, 11) is -1.69. The highest BCUT2D eigenvalue weighted by Gasteiger charge is 2.33. The van der Waals surface area contributed by atoms with Crippen LogP contribution >= 0.6 is 7.92 Å². The van der Waals surface area contributed by atoms with E-state index in [2.05, 4.69) is 10.2 Å². The maximum absolute atomic E-state index is 13.8. The Morgan fingerprint density at radius 2 is 0.951 bits per heavy atom. The average molecular weight is 567 g/mol. The van der Waals surface area contributed by atoms with E-state index in [1.54, 1.807) is 27.7 Å². The van der Waals surface area contributed by atoms with Crippen LogP contribution in [-0.2, 0) is 0 Å². The Labute approximate surface area is 245 Å². The van der Waals surface area contributed by atoms with Crippen molar-refractivity contribution < 1.29 is 9.59 Å². The SMILES string of the molecule is CC(C)(C#N)N=NC(C)(C)C#N.Cc1cc(C)c(C(=O)P(C(=O)c2c(C)cc(C)cc2C)c2ccccc2)c(C)c1. The highest BCUT2D eigenvalue weighted by atomic mass is 31.1. The normalized spacial score (nSPS) is 11.4. The highest BCUT2D eigenvalue weighted by molar-refractivity contribution is 7.96. The van der Waals surface area contributed by atoms with E-state index in [1.807, 2.05) is 108 Å². The predicted octanol–water partition coefficient (Wildman–Crippen LogP) is 8.37. The van der Waals surface area contributed by atoms with Crippen LogP contribution in [0.25, 0.3) is 0 Å². The average Bonchev–Trinajstić information content (AvgIpc) is 2.88. The quantitative estimate of drug-likeness (QED) is 0.211. The van der Waals surface area contributed by atoms with Crippen molar-refractivity contribution in [3.63, 3.8) is 0 Å². The first-order valence-electron chi connectivity index (χ1n) is 13.4. The Hall–Kier alpha value is -3.99. The van der Waals surface area contributed by atoms with Gasteiger partial charge in [0.2, 0.25) is 0 Å². The minimum absolute atomic E-state index is 0.0643. The number of azo groups is 1. The monoisotopic (exact) mass is 566 g/mol. The summed E-state index contributed by atoms with van der Waals surface area (Å²) in [6, 6.07) is 21.5. The molecule has 0 unspecified atom stereocenters. The van der Waals surface area contributed by atoms with Crippen molar-refractivity contribution in [3.8, 4) is 12.1 Å². The van der Waals surface area contributed by atoms with Crippen molar-refractivity contribution >= 4 is 24.3 Å². The van der Waals surface area contributed by atoms with Crippen molar-refractivity contribution in [2.45, 2.75) is 80.3 Å². The Balaban J connectivity index is 0.000000415. The van der Waals surface area contributed by atoms with E-state index in [0.717, 1.165) is 38.7 Å². The first kappa shape index (κ1) is 33.2. The molecular formula is C34H39N4O2P. The molecule has 0 atom stereocenters. The van der Waals surface area contributed by atoms with Crippen LogP contribution in [0.1, 0.15) is 81.8 Å². The summed E-state index contributed by atoms with van der Waals surface area (Å²) < 4.78 is 0. The molecule has 0 saturated heterocycles. The number of rotatable bonds is 7. The van der Waals surface area contributed by atoms with E-state index in [9.17, 15) is 9.59 Å². The number of nitriles is 2. The van der Waals surface area contributed by atoms with Gasteiger partial charge in [0.15, 0.2) is 22.1 Å². The van der Waals surface area contributed by atoms with Crippen molar-refractivity contribution in [2.24, 2.45) is 10.2 Å². The molecule has 0 bridgehead atoms. The van der Waals surface area contributed by atoms with Gasteiger partial charge in [-0.05, 0) is 96.8 Å². The van der Waals surface area contributed by atoms with Crippen molar-refractivity contribution in [3.05, 3.63) is 99.1 Å². The topological polar surface area (TPSA) is 106 Å². The zero-order valence-corrected chi connectivity index (χ0v) is 26.6. The van der Waals surface area contributed by atoms with Crippen LogP contribution < -0.4 is 5.30 Å². The Morgan fingerprint density at radius 3 is 1.24 bits per heavy atom. The lowest BCUT2D eigenvalue weighted by molar-refractivity contribution is 0.105. The molecule has 6 nitrogen and oxygen atoms in total. The standard InChI is InChI=1S/C26H27O2P.C8H12N4/c1-16-12-18(3)23(19(4)13-16)25(27)29(22-10-8-7-9-11-22)26(28)24-20(5)14-17(2)15-21(24)6;1-7(2,5-9)11-12-8(3,4)6-10/h7-15H,1-6H3;1-4H3. The van der Waals surface area contributed by atoms with Crippen LogP contribution in [0.5, 0.6) is 0 Å². The fourth-order valence-electron chi connectivity index (χ4n) is 4.46. The van der Waals surface area contributed by atoms with Gasteiger partial charge in [0.25, 0.3) is 0 Å². The molecule has 0 amide bonds. The minimum Gasteiger partial charge on any atom is -0.288 e. The van der Waals surface area contributed by atoms with E-state index >= 15 is 0 Å². The third kappa shape index (κ3) is 8.75. The maximum atomic E-state index is 13.8. The molecule has 0 aliphatic heterocycles. The second-order valence-corrected chi connectivity index (χ2v) is 13.4. The molecule has 0 aliphatic carbocycles. The van der Waals surface area contributed by atoms with Gasteiger partial charge in [0.1, 0.15) is 0 Å². The molecule has 0 spiro atoms. The summed E-state index contributed by atoms with van der Waals surface area (Å²) in [6.07, 6.45) is 0. The number of hydrogen-bond donors (Lipinski definition) is 0. The van der Waals surface area contributed by atoms with E-state index < -0.39 is 19.0 Å². The molecule has 3 rings (SSSR count). The molecule has 212 valence electrons. The van der Waals surface area contributed by atoms with Gasteiger partial charge in [0.05, 0.1) is 20.1 Å². The largest absolute Gasteiger partial charge is 0.288 e. The fraction of sp³-hybridized carbons (Fsp3) is 0.353. The summed E-state index contributed by atoms with van der Waals surface area (Å²) in [6.45, 7) is 18.5. The molecule has 0 aliphatic rings. The summed E-state index contributed by atoms with van der Waals surface area (Å²) in [5.74, 6) is 0. The molecule has 7 heteroatoms. The second kappa shape index (κ2) is 13.6. The minimum atomic E-state index is -1.69. The van der Waals surface area contributed by atoms with Gasteiger partial charge in [-0.15, -0.1) is 0 Å². The third-order valence-electron chi connectivity index (χ3n) is 6.30. The Morgan fingerprint density at radius 1 is 0.634 bits per heavy atom. The van der Waals surface area contributed by atoms with Crippen LogP contribution in [-0.4, -0.2) is 22.1 Å². The van der Waals surface area contributed by atoms with Crippen LogP contribution in [0.2, 0.25) is 0 Å². The van der Waals surface area contributed by atoms with Crippen molar-refractivity contribution in [1.82, 2.24) is 0 Å². The summed E-state index contributed by atoms with van der Waals surface area (Å²) >= 11 is 0. The molecule has 0 aromatic heterocycles. The van der Waals surface area contributed by atoms with E-state index in [1.165, 1.54) is 0 Å².